The molecular formula is C19H20N4O3S. The summed E-state index contributed by atoms with van der Waals surface area (Å²) in [6.45, 7) is 0.952. The Hall–Kier alpha value is -2.87. The number of sulfone groups is 1. The van der Waals surface area contributed by atoms with E-state index in [1.54, 1.807) is 6.33 Å². The van der Waals surface area contributed by atoms with Crippen molar-refractivity contribution >= 4 is 38.2 Å². The van der Waals surface area contributed by atoms with E-state index in [-0.39, 0.29) is 23.8 Å². The van der Waals surface area contributed by atoms with E-state index in [1.807, 2.05) is 47.4 Å². The standard InChI is InChI=1S/C19H20N4O3S/c24-19(11-14-4-5-17-18(10-14)21-13-20-17)22-15-2-1-3-16(12-15)23-6-8-27(25,26)9-7-23/h1-5,10,12-13H,6-9,11H2,(H,20,21)(H,22,24). The number of H-pyrrole nitrogens is 1. The van der Waals surface area contributed by atoms with Gasteiger partial charge >= 0.3 is 0 Å². The van der Waals surface area contributed by atoms with Crippen molar-refractivity contribution in [1.82, 2.24) is 9.97 Å². The van der Waals surface area contributed by atoms with Crippen LogP contribution in [0.15, 0.2) is 48.8 Å². The molecule has 1 aliphatic rings. The number of carbonyl (C=O) groups is 1. The van der Waals surface area contributed by atoms with E-state index in [9.17, 15) is 13.2 Å². The van der Waals surface area contributed by atoms with Gasteiger partial charge in [-0.15, -0.1) is 0 Å². The largest absolute Gasteiger partial charge is 0.369 e. The quantitative estimate of drug-likeness (QED) is 0.717. The predicted octanol–water partition coefficient (Wildman–Crippen LogP) is 1.98. The van der Waals surface area contributed by atoms with E-state index in [0.29, 0.717) is 18.8 Å². The smallest absolute Gasteiger partial charge is 0.228 e. The molecule has 27 heavy (non-hydrogen) atoms. The maximum atomic E-state index is 12.4. The summed E-state index contributed by atoms with van der Waals surface area (Å²) in [5, 5.41) is 2.92. The first-order valence-electron chi connectivity index (χ1n) is 8.76. The lowest BCUT2D eigenvalue weighted by Crippen LogP contribution is -2.40. The molecule has 3 aromatic rings. The number of aromatic amines is 1. The summed E-state index contributed by atoms with van der Waals surface area (Å²) in [4.78, 5) is 21.6. The molecule has 0 unspecified atom stereocenters. The monoisotopic (exact) mass is 384 g/mol. The molecule has 1 aliphatic heterocycles. The average Bonchev–Trinajstić information content (AvgIpc) is 3.09. The molecule has 2 heterocycles. The fourth-order valence-electron chi connectivity index (χ4n) is 3.23. The molecule has 2 N–H and O–H groups in total. The molecule has 0 bridgehead atoms. The average molecular weight is 384 g/mol. The second-order valence-electron chi connectivity index (χ2n) is 6.67. The summed E-state index contributed by atoms with van der Waals surface area (Å²) < 4.78 is 23.2. The minimum absolute atomic E-state index is 0.104. The number of aromatic nitrogens is 2. The van der Waals surface area contributed by atoms with E-state index in [2.05, 4.69) is 15.3 Å². The van der Waals surface area contributed by atoms with E-state index in [4.69, 9.17) is 0 Å². The zero-order valence-electron chi connectivity index (χ0n) is 14.7. The maximum Gasteiger partial charge on any atom is 0.228 e. The third-order valence-corrected chi connectivity index (χ3v) is 6.30. The highest BCUT2D eigenvalue weighted by Gasteiger charge is 2.21. The van der Waals surface area contributed by atoms with Gasteiger partial charge in [0.05, 0.1) is 35.3 Å². The van der Waals surface area contributed by atoms with Crippen molar-refractivity contribution in [2.24, 2.45) is 0 Å². The van der Waals surface area contributed by atoms with Crippen LogP contribution in [0.5, 0.6) is 0 Å². The van der Waals surface area contributed by atoms with E-state index >= 15 is 0 Å². The minimum atomic E-state index is -2.92. The van der Waals surface area contributed by atoms with Crippen LogP contribution >= 0.6 is 0 Å². The van der Waals surface area contributed by atoms with Gasteiger partial charge in [0.15, 0.2) is 9.84 Å². The predicted molar refractivity (Wildman–Crippen MR) is 106 cm³/mol. The van der Waals surface area contributed by atoms with Crippen LogP contribution in [0.3, 0.4) is 0 Å². The van der Waals surface area contributed by atoms with Crippen molar-refractivity contribution in [3.8, 4) is 0 Å². The number of amides is 1. The van der Waals surface area contributed by atoms with E-state index in [1.165, 1.54) is 0 Å². The Morgan fingerprint density at radius 3 is 2.78 bits per heavy atom. The van der Waals surface area contributed by atoms with Crippen molar-refractivity contribution in [2.75, 3.05) is 34.8 Å². The molecule has 1 saturated heterocycles. The van der Waals surface area contributed by atoms with Gasteiger partial charge in [-0.1, -0.05) is 12.1 Å². The molecule has 0 spiro atoms. The number of hydrogen-bond acceptors (Lipinski definition) is 5. The summed E-state index contributed by atoms with van der Waals surface area (Å²) in [5.41, 5.74) is 4.30. The number of carbonyl (C=O) groups excluding carboxylic acids is 1. The fraction of sp³-hybridized carbons (Fsp3) is 0.263. The normalized spacial score (nSPS) is 16.4. The highest BCUT2D eigenvalue weighted by molar-refractivity contribution is 7.91. The topological polar surface area (TPSA) is 95.2 Å². The fourth-order valence-corrected chi connectivity index (χ4v) is 4.44. The van der Waals surface area contributed by atoms with Crippen LogP contribution in [0, 0.1) is 0 Å². The molecule has 0 radical (unpaired) electrons. The number of hydrogen-bond donors (Lipinski definition) is 2. The van der Waals surface area contributed by atoms with Gasteiger partial charge in [0, 0.05) is 24.5 Å². The van der Waals surface area contributed by atoms with Crippen LogP contribution in [0.1, 0.15) is 5.56 Å². The Labute approximate surface area is 157 Å². The van der Waals surface area contributed by atoms with Crippen molar-refractivity contribution in [3.05, 3.63) is 54.4 Å². The first-order valence-corrected chi connectivity index (χ1v) is 10.6. The van der Waals surface area contributed by atoms with Crippen molar-refractivity contribution < 1.29 is 13.2 Å². The summed E-state index contributed by atoms with van der Waals surface area (Å²) in [6.07, 6.45) is 1.90. The molecule has 8 heteroatoms. The van der Waals surface area contributed by atoms with Gasteiger partial charge in [-0.3, -0.25) is 4.79 Å². The molecule has 1 fully saturated rings. The van der Waals surface area contributed by atoms with Crippen LogP contribution in [-0.2, 0) is 21.1 Å². The van der Waals surface area contributed by atoms with E-state index in [0.717, 1.165) is 22.3 Å². The number of fused-ring (bicyclic) bond motifs is 1. The van der Waals surface area contributed by atoms with Gasteiger partial charge in [0.2, 0.25) is 5.91 Å². The molecule has 4 rings (SSSR count). The highest BCUT2D eigenvalue weighted by Crippen LogP contribution is 2.22. The number of rotatable bonds is 4. The maximum absolute atomic E-state index is 12.4. The van der Waals surface area contributed by atoms with Gasteiger partial charge in [-0.25, -0.2) is 13.4 Å². The van der Waals surface area contributed by atoms with Crippen molar-refractivity contribution in [2.45, 2.75) is 6.42 Å². The van der Waals surface area contributed by atoms with Gasteiger partial charge < -0.3 is 15.2 Å². The van der Waals surface area contributed by atoms with Crippen molar-refractivity contribution in [3.63, 3.8) is 0 Å². The molecule has 0 aliphatic carbocycles. The Morgan fingerprint density at radius 2 is 1.96 bits per heavy atom. The third kappa shape index (κ3) is 4.11. The SMILES string of the molecule is O=C(Cc1ccc2nc[nH]c2c1)Nc1cccc(N2CCS(=O)(=O)CC2)c1. The van der Waals surface area contributed by atoms with E-state index < -0.39 is 9.84 Å². The lowest BCUT2D eigenvalue weighted by atomic mass is 10.1. The second-order valence-corrected chi connectivity index (χ2v) is 8.97. The molecule has 140 valence electrons. The number of imidazole rings is 1. The van der Waals surface area contributed by atoms with Gasteiger partial charge in [-0.2, -0.15) is 0 Å². The summed E-state index contributed by atoms with van der Waals surface area (Å²) in [7, 11) is -2.92. The molecule has 1 aromatic heterocycles. The summed E-state index contributed by atoms with van der Waals surface area (Å²) in [6, 6.07) is 13.2. The third-order valence-electron chi connectivity index (χ3n) is 4.69. The lowest BCUT2D eigenvalue weighted by molar-refractivity contribution is -0.115. The summed E-state index contributed by atoms with van der Waals surface area (Å²) >= 11 is 0. The zero-order valence-corrected chi connectivity index (χ0v) is 15.5. The minimum Gasteiger partial charge on any atom is -0.369 e. The molecule has 0 saturated carbocycles. The number of nitrogens with one attached hydrogen (secondary N) is 2. The Bertz CT molecular complexity index is 1080. The highest BCUT2D eigenvalue weighted by atomic mass is 32.2. The van der Waals surface area contributed by atoms with Gasteiger partial charge in [0.25, 0.3) is 0 Å². The Morgan fingerprint density at radius 1 is 1.15 bits per heavy atom. The zero-order chi connectivity index (χ0) is 18.9. The number of anilines is 2. The molecule has 0 atom stereocenters. The second kappa shape index (κ2) is 7.03. The van der Waals surface area contributed by atoms with Crippen LogP contribution in [0.25, 0.3) is 11.0 Å². The van der Waals surface area contributed by atoms with Crippen LogP contribution in [0.4, 0.5) is 11.4 Å². The molecule has 2 aromatic carbocycles. The molecular weight excluding hydrogens is 364 g/mol. The van der Waals surface area contributed by atoms with Crippen molar-refractivity contribution in [1.29, 1.82) is 0 Å². The van der Waals surface area contributed by atoms with Crippen LogP contribution in [0.2, 0.25) is 0 Å². The number of benzene rings is 2. The Kier molecular flexibility index (Phi) is 4.57. The Balaban J connectivity index is 1.42. The first-order chi connectivity index (χ1) is 13.0. The lowest BCUT2D eigenvalue weighted by Gasteiger charge is -2.29. The molecule has 7 nitrogen and oxygen atoms in total. The summed E-state index contributed by atoms with van der Waals surface area (Å²) in [5.74, 6) is 0.228. The van der Waals surface area contributed by atoms with Crippen LogP contribution in [-0.4, -0.2) is 48.9 Å². The van der Waals surface area contributed by atoms with Gasteiger partial charge in [-0.05, 0) is 35.9 Å². The molecule has 1 amide bonds. The number of nitrogens with zero attached hydrogens (tertiary/aromatic N) is 2. The first kappa shape index (κ1) is 17.5. The van der Waals surface area contributed by atoms with Gasteiger partial charge in [0.1, 0.15) is 0 Å². The van der Waals surface area contributed by atoms with Crippen LogP contribution < -0.4 is 10.2 Å².